The minimum atomic E-state index is 0.267. The van der Waals surface area contributed by atoms with Gasteiger partial charge in [0.05, 0.1) is 18.2 Å². The van der Waals surface area contributed by atoms with Crippen LogP contribution in [0.15, 0.2) is 24.3 Å². The summed E-state index contributed by atoms with van der Waals surface area (Å²) < 4.78 is 5.70. The van der Waals surface area contributed by atoms with E-state index in [9.17, 15) is 0 Å². The molecule has 0 spiro atoms. The average molecular weight is 258 g/mol. The summed E-state index contributed by atoms with van der Waals surface area (Å²) in [7, 11) is 0. The molecule has 1 aliphatic heterocycles. The van der Waals surface area contributed by atoms with Crippen molar-refractivity contribution >= 4 is 22.7 Å². The smallest absolute Gasteiger partial charge is 0.222 e. The quantitative estimate of drug-likeness (QED) is 0.890. The van der Waals surface area contributed by atoms with Gasteiger partial charge in [-0.1, -0.05) is 19.1 Å². The highest BCUT2D eigenvalue weighted by Gasteiger charge is 2.22. The van der Waals surface area contributed by atoms with Crippen molar-refractivity contribution in [3.63, 3.8) is 0 Å². The molecule has 2 N–H and O–H groups in total. The molecule has 0 bridgehead atoms. The van der Waals surface area contributed by atoms with E-state index in [4.69, 9.17) is 10.5 Å². The molecule has 2 aromatic rings. The summed E-state index contributed by atoms with van der Waals surface area (Å²) in [5, 5.41) is 1.05. The minimum absolute atomic E-state index is 0.267. The van der Waals surface area contributed by atoms with Gasteiger partial charge < -0.3 is 15.4 Å². The number of rotatable bonds is 2. The first-order valence-corrected chi connectivity index (χ1v) is 6.66. The number of morpholine rings is 1. The van der Waals surface area contributed by atoms with Crippen LogP contribution in [0.2, 0.25) is 0 Å². The van der Waals surface area contributed by atoms with Gasteiger partial charge in [-0.15, -0.1) is 0 Å². The lowest BCUT2D eigenvalue weighted by molar-refractivity contribution is 0.0383. The van der Waals surface area contributed by atoms with Crippen LogP contribution in [0, 0.1) is 0 Å². The topological polar surface area (TPSA) is 64.3 Å². The Balaban J connectivity index is 2.03. The summed E-state index contributed by atoms with van der Waals surface area (Å²) in [4.78, 5) is 11.0. The second-order valence-electron chi connectivity index (χ2n) is 4.77. The van der Waals surface area contributed by atoms with E-state index in [0.29, 0.717) is 5.95 Å². The van der Waals surface area contributed by atoms with Gasteiger partial charge in [0.25, 0.3) is 0 Å². The second kappa shape index (κ2) is 5.01. The zero-order valence-electron chi connectivity index (χ0n) is 11.0. The number of hydrogen-bond donors (Lipinski definition) is 1. The molecule has 1 aromatic carbocycles. The maximum absolute atomic E-state index is 5.82. The van der Waals surface area contributed by atoms with E-state index in [-0.39, 0.29) is 6.10 Å². The number of fused-ring (bicyclic) bond motifs is 1. The molecule has 5 heteroatoms. The Labute approximate surface area is 112 Å². The number of anilines is 2. The van der Waals surface area contributed by atoms with Crippen LogP contribution in [-0.2, 0) is 4.74 Å². The number of benzene rings is 1. The SMILES string of the molecule is CCC1CN(c2nc(N)nc3ccccc23)CCO1. The van der Waals surface area contributed by atoms with Crippen LogP contribution in [0.5, 0.6) is 0 Å². The lowest BCUT2D eigenvalue weighted by Gasteiger charge is -2.33. The van der Waals surface area contributed by atoms with E-state index >= 15 is 0 Å². The van der Waals surface area contributed by atoms with Gasteiger partial charge in [-0.25, -0.2) is 4.98 Å². The molecule has 1 fully saturated rings. The van der Waals surface area contributed by atoms with E-state index in [1.165, 1.54) is 0 Å². The van der Waals surface area contributed by atoms with Crippen molar-refractivity contribution in [1.29, 1.82) is 0 Å². The maximum atomic E-state index is 5.82. The molecule has 0 amide bonds. The minimum Gasteiger partial charge on any atom is -0.375 e. The predicted molar refractivity (Wildman–Crippen MR) is 76.2 cm³/mol. The zero-order valence-corrected chi connectivity index (χ0v) is 11.0. The number of para-hydroxylation sites is 1. The van der Waals surface area contributed by atoms with Crippen LogP contribution in [0.4, 0.5) is 11.8 Å². The summed E-state index contributed by atoms with van der Waals surface area (Å²) in [5.74, 6) is 1.25. The van der Waals surface area contributed by atoms with E-state index in [0.717, 1.165) is 42.8 Å². The van der Waals surface area contributed by atoms with Gasteiger partial charge in [0.2, 0.25) is 5.95 Å². The molecule has 100 valence electrons. The third kappa shape index (κ3) is 2.33. The molecule has 2 heterocycles. The molecule has 0 aliphatic carbocycles. The van der Waals surface area contributed by atoms with Crippen molar-refractivity contribution in [1.82, 2.24) is 9.97 Å². The normalized spacial score (nSPS) is 19.8. The third-order valence-corrected chi connectivity index (χ3v) is 3.49. The van der Waals surface area contributed by atoms with Crippen molar-refractivity contribution in [2.24, 2.45) is 0 Å². The van der Waals surface area contributed by atoms with Gasteiger partial charge in [0, 0.05) is 18.5 Å². The van der Waals surface area contributed by atoms with Gasteiger partial charge in [-0.2, -0.15) is 4.98 Å². The van der Waals surface area contributed by atoms with Crippen molar-refractivity contribution in [3.8, 4) is 0 Å². The molecule has 1 unspecified atom stereocenters. The molecule has 1 aromatic heterocycles. The molecule has 1 atom stereocenters. The number of nitrogen functional groups attached to an aromatic ring is 1. The fourth-order valence-electron chi connectivity index (χ4n) is 2.48. The van der Waals surface area contributed by atoms with Gasteiger partial charge >= 0.3 is 0 Å². The van der Waals surface area contributed by atoms with Crippen molar-refractivity contribution in [2.45, 2.75) is 19.4 Å². The standard InChI is InChI=1S/C14H18N4O/c1-2-10-9-18(7-8-19-10)13-11-5-3-4-6-12(11)16-14(15)17-13/h3-6,10H,2,7-9H2,1H3,(H2,15,16,17). The molecule has 1 saturated heterocycles. The molecular weight excluding hydrogens is 240 g/mol. The van der Waals surface area contributed by atoms with E-state index < -0.39 is 0 Å². The molecule has 1 aliphatic rings. The molecule has 0 saturated carbocycles. The number of ether oxygens (including phenoxy) is 1. The maximum Gasteiger partial charge on any atom is 0.222 e. The lowest BCUT2D eigenvalue weighted by Crippen LogP contribution is -2.42. The van der Waals surface area contributed by atoms with Gasteiger partial charge in [0.1, 0.15) is 5.82 Å². The summed E-state index contributed by atoms with van der Waals surface area (Å²) >= 11 is 0. The predicted octanol–water partition coefficient (Wildman–Crippen LogP) is 1.83. The van der Waals surface area contributed by atoms with Crippen molar-refractivity contribution < 1.29 is 4.74 Å². The Morgan fingerprint density at radius 1 is 1.37 bits per heavy atom. The molecule has 19 heavy (non-hydrogen) atoms. The first-order chi connectivity index (χ1) is 9.28. The largest absolute Gasteiger partial charge is 0.375 e. The summed E-state index contributed by atoms with van der Waals surface area (Å²) in [5.41, 5.74) is 6.71. The second-order valence-corrected chi connectivity index (χ2v) is 4.77. The monoisotopic (exact) mass is 258 g/mol. The first-order valence-electron chi connectivity index (χ1n) is 6.66. The summed E-state index contributed by atoms with van der Waals surface area (Å²) in [6.45, 7) is 4.57. The number of nitrogens with zero attached hydrogens (tertiary/aromatic N) is 3. The van der Waals surface area contributed by atoms with Crippen LogP contribution in [0.25, 0.3) is 10.9 Å². The zero-order chi connectivity index (χ0) is 13.2. The molecule has 0 radical (unpaired) electrons. The van der Waals surface area contributed by atoms with Crippen LogP contribution in [0.3, 0.4) is 0 Å². The molecular formula is C14H18N4O. The van der Waals surface area contributed by atoms with Crippen LogP contribution in [0.1, 0.15) is 13.3 Å². The van der Waals surface area contributed by atoms with Gasteiger partial charge in [-0.3, -0.25) is 0 Å². The van der Waals surface area contributed by atoms with Crippen molar-refractivity contribution in [2.75, 3.05) is 30.3 Å². The Morgan fingerprint density at radius 2 is 2.21 bits per heavy atom. The summed E-state index contributed by atoms with van der Waals surface area (Å²) in [6, 6.07) is 7.98. The average Bonchev–Trinajstić information content (AvgIpc) is 2.46. The number of hydrogen-bond acceptors (Lipinski definition) is 5. The fraction of sp³-hybridized carbons (Fsp3) is 0.429. The Bertz CT molecular complexity index is 587. The number of aromatic nitrogens is 2. The van der Waals surface area contributed by atoms with Crippen LogP contribution < -0.4 is 10.6 Å². The summed E-state index contributed by atoms with van der Waals surface area (Å²) in [6.07, 6.45) is 1.28. The highest BCUT2D eigenvalue weighted by atomic mass is 16.5. The van der Waals surface area contributed by atoms with Gasteiger partial charge in [-0.05, 0) is 18.6 Å². The first kappa shape index (κ1) is 12.2. The van der Waals surface area contributed by atoms with E-state index in [2.05, 4.69) is 21.8 Å². The lowest BCUT2D eigenvalue weighted by atomic mass is 10.2. The van der Waals surface area contributed by atoms with Crippen LogP contribution in [-0.4, -0.2) is 35.8 Å². The third-order valence-electron chi connectivity index (χ3n) is 3.49. The Morgan fingerprint density at radius 3 is 3.05 bits per heavy atom. The van der Waals surface area contributed by atoms with E-state index in [1.807, 2.05) is 24.3 Å². The van der Waals surface area contributed by atoms with Gasteiger partial charge in [0.15, 0.2) is 0 Å². The fourth-order valence-corrected chi connectivity index (χ4v) is 2.48. The van der Waals surface area contributed by atoms with Crippen molar-refractivity contribution in [3.05, 3.63) is 24.3 Å². The Hall–Kier alpha value is -1.88. The Kier molecular flexibility index (Phi) is 3.21. The number of nitrogens with two attached hydrogens (primary N) is 1. The molecule has 3 rings (SSSR count). The highest BCUT2D eigenvalue weighted by Crippen LogP contribution is 2.26. The molecule has 5 nitrogen and oxygen atoms in total. The van der Waals surface area contributed by atoms with Crippen LogP contribution >= 0.6 is 0 Å². The van der Waals surface area contributed by atoms with E-state index in [1.54, 1.807) is 0 Å². The highest BCUT2D eigenvalue weighted by molar-refractivity contribution is 5.90.